The van der Waals surface area contributed by atoms with Crippen LogP contribution in [0.4, 0.5) is 8.78 Å². The molecule has 1 fully saturated rings. The number of alkyl halides is 2. The maximum atomic E-state index is 13.1. The van der Waals surface area contributed by atoms with Gasteiger partial charge in [-0.15, -0.1) is 0 Å². The summed E-state index contributed by atoms with van der Waals surface area (Å²) < 4.78 is 26.2. The Morgan fingerprint density at radius 2 is 2.11 bits per heavy atom. The van der Waals surface area contributed by atoms with Crippen LogP contribution < -0.4 is 0 Å². The Labute approximate surface area is 109 Å². The highest BCUT2D eigenvalue weighted by atomic mass is 19.3. The number of rotatable bonds is 4. The first-order chi connectivity index (χ1) is 8.97. The van der Waals surface area contributed by atoms with Gasteiger partial charge in [-0.3, -0.25) is 4.79 Å². The van der Waals surface area contributed by atoms with Gasteiger partial charge in [-0.25, -0.2) is 8.78 Å². The average molecular weight is 262 g/mol. The van der Waals surface area contributed by atoms with E-state index in [0.29, 0.717) is 11.1 Å². The molecular weight excluding hydrogens is 250 g/mol. The van der Waals surface area contributed by atoms with Crippen LogP contribution in [0.5, 0.6) is 0 Å². The van der Waals surface area contributed by atoms with Gasteiger partial charge in [-0.2, -0.15) is 5.26 Å². The Bertz CT molecular complexity index is 546. The second kappa shape index (κ2) is 4.81. The van der Waals surface area contributed by atoms with Crippen LogP contribution in [0.2, 0.25) is 0 Å². The highest BCUT2D eigenvalue weighted by Gasteiger charge is 2.60. The van der Waals surface area contributed by atoms with Gasteiger partial charge in [-0.05, 0) is 23.8 Å². The molecule has 98 valence electrons. The van der Waals surface area contributed by atoms with E-state index in [4.69, 9.17) is 5.26 Å². The molecule has 19 heavy (non-hydrogen) atoms. The Morgan fingerprint density at radius 3 is 2.53 bits per heavy atom. The second-order valence-electron chi connectivity index (χ2n) is 4.46. The molecule has 1 saturated carbocycles. The molecule has 0 heterocycles. The third-order valence-electron chi connectivity index (χ3n) is 3.06. The zero-order valence-corrected chi connectivity index (χ0v) is 10.1. The summed E-state index contributed by atoms with van der Waals surface area (Å²) in [6.45, 7) is 3.42. The lowest BCUT2D eigenvalue weighted by Crippen LogP contribution is -2.34. The van der Waals surface area contributed by atoms with Crippen LogP contribution in [0, 0.1) is 11.3 Å². The molecule has 5 heteroatoms. The van der Waals surface area contributed by atoms with Crippen LogP contribution in [-0.2, 0) is 11.3 Å². The van der Waals surface area contributed by atoms with Gasteiger partial charge in [0.05, 0.1) is 11.6 Å². The maximum absolute atomic E-state index is 13.1. The molecule has 1 unspecified atom stereocenters. The summed E-state index contributed by atoms with van der Waals surface area (Å²) in [5, 5.41) is 8.68. The third-order valence-corrected chi connectivity index (χ3v) is 3.06. The van der Waals surface area contributed by atoms with Crippen molar-refractivity contribution in [2.75, 3.05) is 0 Å². The predicted octanol–water partition coefficient (Wildman–Crippen LogP) is 2.48. The van der Waals surface area contributed by atoms with Crippen molar-refractivity contribution in [3.05, 3.63) is 48.0 Å². The van der Waals surface area contributed by atoms with Crippen LogP contribution in [-0.4, -0.2) is 22.8 Å². The fourth-order valence-electron chi connectivity index (χ4n) is 1.88. The van der Waals surface area contributed by atoms with Gasteiger partial charge in [0.15, 0.2) is 0 Å². The fraction of sp³-hybridized carbons (Fsp3) is 0.286. The topological polar surface area (TPSA) is 44.1 Å². The van der Waals surface area contributed by atoms with Crippen LogP contribution in [0.15, 0.2) is 36.9 Å². The lowest BCUT2D eigenvalue weighted by molar-refractivity contribution is -0.128. The number of halogens is 2. The number of amides is 1. The molecule has 0 N–H and O–H groups in total. The average Bonchev–Trinajstić information content (AvgIpc) is 3.04. The molecule has 0 aromatic heterocycles. The summed E-state index contributed by atoms with van der Waals surface area (Å²) in [5.41, 5.74) is 1.19. The molecule has 3 nitrogen and oxygen atoms in total. The van der Waals surface area contributed by atoms with Crippen LogP contribution in [0.25, 0.3) is 0 Å². The highest BCUT2D eigenvalue weighted by molar-refractivity contribution is 5.87. The minimum absolute atomic E-state index is 0.0941. The summed E-state index contributed by atoms with van der Waals surface area (Å²) in [5.74, 6) is -3.31. The van der Waals surface area contributed by atoms with Crippen molar-refractivity contribution >= 4 is 5.91 Å². The number of carbonyl (C=O) groups is 1. The molecule has 0 saturated heterocycles. The van der Waals surface area contributed by atoms with Crippen molar-refractivity contribution in [2.45, 2.75) is 24.9 Å². The van der Waals surface area contributed by atoms with Gasteiger partial charge in [0.2, 0.25) is 5.91 Å². The quantitative estimate of drug-likeness (QED) is 0.782. The molecule has 1 aliphatic rings. The lowest BCUT2D eigenvalue weighted by atomic mass is 10.1. The Kier molecular flexibility index (Phi) is 3.34. The molecule has 0 bridgehead atoms. The van der Waals surface area contributed by atoms with Crippen molar-refractivity contribution in [2.24, 2.45) is 0 Å². The normalized spacial score (nSPS) is 19.3. The minimum atomic E-state index is -2.80. The Balaban J connectivity index is 2.14. The van der Waals surface area contributed by atoms with Gasteiger partial charge in [0.1, 0.15) is 6.04 Å². The molecule has 1 aromatic carbocycles. The largest absolute Gasteiger partial charge is 0.326 e. The molecular formula is C14H12F2N2O. The van der Waals surface area contributed by atoms with Crippen molar-refractivity contribution in [3.8, 4) is 6.07 Å². The smallest absolute Gasteiger partial charge is 0.270 e. The zero-order chi connectivity index (χ0) is 14.0. The molecule has 0 radical (unpaired) electrons. The molecule has 0 aliphatic heterocycles. The van der Waals surface area contributed by atoms with E-state index in [1.54, 1.807) is 24.3 Å². The minimum Gasteiger partial charge on any atom is -0.326 e. The summed E-state index contributed by atoms with van der Waals surface area (Å²) in [6, 6.07) is 7.42. The number of benzene rings is 1. The third kappa shape index (κ3) is 2.79. The first-order valence-corrected chi connectivity index (χ1v) is 5.78. The van der Waals surface area contributed by atoms with Crippen molar-refractivity contribution in [3.63, 3.8) is 0 Å². The van der Waals surface area contributed by atoms with Gasteiger partial charge in [0.25, 0.3) is 5.92 Å². The first-order valence-electron chi connectivity index (χ1n) is 5.78. The molecule has 1 aromatic rings. The number of hydrogen-bond acceptors (Lipinski definition) is 2. The standard InChI is InChI=1S/C14H12F2N2O/c1-2-13(19)18(12-7-14(12,15)16)9-11-5-3-10(8-17)4-6-11/h2-6,12H,1,7,9H2. The highest BCUT2D eigenvalue weighted by Crippen LogP contribution is 2.46. The SMILES string of the molecule is C=CC(=O)N(Cc1ccc(C#N)cc1)C1CC1(F)F. The number of nitriles is 1. The Morgan fingerprint density at radius 1 is 1.53 bits per heavy atom. The first kappa shape index (κ1) is 13.2. The summed E-state index contributed by atoms with van der Waals surface area (Å²) in [7, 11) is 0. The van der Waals surface area contributed by atoms with Crippen molar-refractivity contribution in [1.82, 2.24) is 4.90 Å². The van der Waals surface area contributed by atoms with Crippen molar-refractivity contribution < 1.29 is 13.6 Å². The summed E-state index contributed by atoms with van der Waals surface area (Å²) >= 11 is 0. The van der Waals surface area contributed by atoms with Gasteiger partial charge in [0, 0.05) is 13.0 Å². The van der Waals surface area contributed by atoms with Crippen LogP contribution >= 0.6 is 0 Å². The number of carbonyl (C=O) groups excluding carboxylic acids is 1. The van der Waals surface area contributed by atoms with E-state index in [0.717, 1.165) is 11.0 Å². The predicted molar refractivity (Wildman–Crippen MR) is 65.3 cm³/mol. The van der Waals surface area contributed by atoms with E-state index in [1.807, 2.05) is 6.07 Å². The van der Waals surface area contributed by atoms with Gasteiger partial charge >= 0.3 is 0 Å². The van der Waals surface area contributed by atoms with Crippen LogP contribution in [0.1, 0.15) is 17.5 Å². The monoisotopic (exact) mass is 262 g/mol. The summed E-state index contributed by atoms with van der Waals surface area (Å²) in [4.78, 5) is 12.8. The van der Waals surface area contributed by atoms with Gasteiger partial charge < -0.3 is 4.90 Å². The van der Waals surface area contributed by atoms with E-state index in [9.17, 15) is 13.6 Å². The van der Waals surface area contributed by atoms with E-state index < -0.39 is 17.9 Å². The summed E-state index contributed by atoms with van der Waals surface area (Å²) in [6.07, 6.45) is 0.737. The van der Waals surface area contributed by atoms with E-state index in [-0.39, 0.29) is 13.0 Å². The zero-order valence-electron chi connectivity index (χ0n) is 10.1. The Hall–Kier alpha value is -2.22. The van der Waals surface area contributed by atoms with E-state index in [2.05, 4.69) is 6.58 Å². The fourth-order valence-corrected chi connectivity index (χ4v) is 1.88. The molecule has 1 atom stereocenters. The van der Waals surface area contributed by atoms with Crippen molar-refractivity contribution in [1.29, 1.82) is 5.26 Å². The molecule has 0 spiro atoms. The maximum Gasteiger partial charge on any atom is 0.270 e. The second-order valence-corrected chi connectivity index (χ2v) is 4.46. The lowest BCUT2D eigenvalue weighted by Gasteiger charge is -2.21. The number of nitrogens with zero attached hydrogens (tertiary/aromatic N) is 2. The number of hydrogen-bond donors (Lipinski definition) is 0. The molecule has 2 rings (SSSR count). The molecule has 1 aliphatic carbocycles. The van der Waals surface area contributed by atoms with E-state index in [1.165, 1.54) is 0 Å². The molecule has 1 amide bonds. The van der Waals surface area contributed by atoms with E-state index >= 15 is 0 Å². The van der Waals surface area contributed by atoms with Gasteiger partial charge in [-0.1, -0.05) is 18.7 Å². The van der Waals surface area contributed by atoms with Crippen LogP contribution in [0.3, 0.4) is 0 Å².